The molecule has 5 aromatic carbocycles. The number of rotatable bonds is 5. The molecule has 0 amide bonds. The first-order valence-corrected chi connectivity index (χ1v) is 21.8. The van der Waals surface area contributed by atoms with Crippen LogP contribution in [-0.4, -0.2) is 26.7 Å². The summed E-state index contributed by atoms with van der Waals surface area (Å²) >= 11 is 4.06. The fraction of sp³-hybridized carbons (Fsp3) is 0.137. The van der Waals surface area contributed by atoms with E-state index in [1.165, 1.54) is 64.0 Å². The number of hydrogen-bond acceptors (Lipinski definition) is 5. The Morgan fingerprint density at radius 1 is 0.737 bits per heavy atom. The first-order valence-electron chi connectivity index (χ1n) is 20.0. The Labute approximate surface area is 339 Å². The van der Waals surface area contributed by atoms with Crippen LogP contribution in [0.3, 0.4) is 0 Å². The SMILES string of the molecule is C1=CC2C3=CC(c4cccc5c6c(sc45)=C(C4=NC(c5ccccc5)NC(c5ccccc5)=N4)CCC=6)=CCC3SC2C=C1n1c2ccccc2c2ccccc21. The predicted octanol–water partition coefficient (Wildman–Crippen LogP) is 10.8. The third-order valence-electron chi connectivity index (χ3n) is 12.2. The van der Waals surface area contributed by atoms with Gasteiger partial charge in [0.25, 0.3) is 0 Å². The van der Waals surface area contributed by atoms with Crippen LogP contribution in [-0.2, 0) is 0 Å². The quantitative estimate of drug-likeness (QED) is 0.189. The van der Waals surface area contributed by atoms with Gasteiger partial charge in [0.1, 0.15) is 12.0 Å². The van der Waals surface area contributed by atoms with Gasteiger partial charge < -0.3 is 9.88 Å². The molecule has 2 aliphatic heterocycles. The van der Waals surface area contributed by atoms with Crippen molar-refractivity contribution in [2.24, 2.45) is 15.9 Å². The molecule has 274 valence electrons. The normalized spacial score (nSPS) is 22.5. The molecule has 6 heteroatoms. The Bertz CT molecular complexity index is 3070. The van der Waals surface area contributed by atoms with Crippen LogP contribution >= 0.6 is 23.1 Å². The van der Waals surface area contributed by atoms with Crippen LogP contribution in [0, 0.1) is 5.92 Å². The van der Waals surface area contributed by atoms with Gasteiger partial charge >= 0.3 is 0 Å². The van der Waals surface area contributed by atoms with Gasteiger partial charge in [0.05, 0.1) is 11.0 Å². The van der Waals surface area contributed by atoms with E-state index in [-0.39, 0.29) is 6.17 Å². The predicted molar refractivity (Wildman–Crippen MR) is 243 cm³/mol. The number of thiophene rings is 1. The number of benzene rings is 5. The van der Waals surface area contributed by atoms with E-state index in [0.29, 0.717) is 16.4 Å². The summed E-state index contributed by atoms with van der Waals surface area (Å²) in [7, 11) is 0. The highest BCUT2D eigenvalue weighted by atomic mass is 32.2. The summed E-state index contributed by atoms with van der Waals surface area (Å²) < 4.78 is 5.13. The maximum atomic E-state index is 5.30. The van der Waals surface area contributed by atoms with Crippen LogP contribution in [0.15, 0.2) is 173 Å². The summed E-state index contributed by atoms with van der Waals surface area (Å²) in [6.07, 6.45) is 17.6. The minimum absolute atomic E-state index is 0.206. The van der Waals surface area contributed by atoms with Gasteiger partial charge in [0, 0.05) is 58.6 Å². The number of fused-ring (bicyclic) bond motifs is 9. The molecular weight excluding hydrogens is 733 g/mol. The zero-order chi connectivity index (χ0) is 37.5. The number of nitrogens with one attached hydrogen (secondary N) is 1. The van der Waals surface area contributed by atoms with Gasteiger partial charge in [-0.2, -0.15) is 0 Å². The smallest absolute Gasteiger partial charge is 0.156 e. The molecule has 0 saturated carbocycles. The summed E-state index contributed by atoms with van der Waals surface area (Å²) in [6, 6.07) is 45.5. The zero-order valence-corrected chi connectivity index (χ0v) is 32.8. The molecule has 5 aliphatic rings. The molecule has 7 aromatic rings. The van der Waals surface area contributed by atoms with Crippen LogP contribution in [0.2, 0.25) is 0 Å². The number of nitrogens with zero attached hydrogens (tertiary/aromatic N) is 3. The summed E-state index contributed by atoms with van der Waals surface area (Å²) in [5.74, 6) is 2.11. The maximum absolute atomic E-state index is 5.30. The van der Waals surface area contributed by atoms with Crippen molar-refractivity contribution in [2.75, 3.05) is 0 Å². The first kappa shape index (κ1) is 33.2. The Morgan fingerprint density at radius 2 is 1.47 bits per heavy atom. The molecule has 2 aromatic heterocycles. The largest absolute Gasteiger partial charge is 0.344 e. The Kier molecular flexibility index (Phi) is 7.77. The Balaban J connectivity index is 0.923. The van der Waals surface area contributed by atoms with E-state index in [4.69, 9.17) is 9.98 Å². The maximum Gasteiger partial charge on any atom is 0.156 e. The van der Waals surface area contributed by atoms with Crippen LogP contribution in [0.5, 0.6) is 0 Å². The van der Waals surface area contributed by atoms with Crippen LogP contribution in [0.1, 0.15) is 42.1 Å². The second-order valence-electron chi connectivity index (χ2n) is 15.5. The van der Waals surface area contributed by atoms with E-state index in [0.717, 1.165) is 42.1 Å². The van der Waals surface area contributed by atoms with Crippen molar-refractivity contribution in [3.05, 3.63) is 190 Å². The Hall–Kier alpha value is -5.95. The second kappa shape index (κ2) is 13.3. The van der Waals surface area contributed by atoms with Crippen molar-refractivity contribution in [3.8, 4) is 0 Å². The van der Waals surface area contributed by atoms with E-state index in [1.54, 1.807) is 5.57 Å². The zero-order valence-electron chi connectivity index (χ0n) is 31.2. The molecule has 12 rings (SSSR count). The number of thioether (sulfide) groups is 1. The van der Waals surface area contributed by atoms with Crippen LogP contribution in [0.25, 0.3) is 54.8 Å². The van der Waals surface area contributed by atoms with Gasteiger partial charge in [-0.25, -0.2) is 9.98 Å². The van der Waals surface area contributed by atoms with Gasteiger partial charge in [0.2, 0.25) is 0 Å². The lowest BCUT2D eigenvalue weighted by Gasteiger charge is -2.24. The molecule has 4 atom stereocenters. The summed E-state index contributed by atoms with van der Waals surface area (Å²) in [5.41, 5.74) is 11.5. The summed E-state index contributed by atoms with van der Waals surface area (Å²) in [6.45, 7) is 0. The number of aromatic nitrogens is 1. The number of hydrogen-bond donors (Lipinski definition) is 1. The van der Waals surface area contributed by atoms with Crippen LogP contribution in [0.4, 0.5) is 0 Å². The lowest BCUT2D eigenvalue weighted by Crippen LogP contribution is -2.35. The number of aliphatic imine (C=N–C) groups is 2. The van der Waals surface area contributed by atoms with E-state index >= 15 is 0 Å². The third-order valence-corrected chi connectivity index (χ3v) is 15.1. The van der Waals surface area contributed by atoms with Crippen molar-refractivity contribution in [1.29, 1.82) is 0 Å². The fourth-order valence-electron chi connectivity index (χ4n) is 9.55. The molecule has 0 bridgehead atoms. The van der Waals surface area contributed by atoms with Crippen molar-refractivity contribution in [1.82, 2.24) is 9.88 Å². The average Bonchev–Trinajstić information content (AvgIpc) is 3.96. The Morgan fingerprint density at radius 3 is 2.28 bits per heavy atom. The molecule has 1 saturated heterocycles. The highest BCUT2D eigenvalue weighted by molar-refractivity contribution is 8.01. The molecule has 0 radical (unpaired) electrons. The molecule has 4 unspecified atom stereocenters. The van der Waals surface area contributed by atoms with E-state index in [1.807, 2.05) is 11.3 Å². The molecule has 0 spiro atoms. The molecule has 1 fully saturated rings. The highest BCUT2D eigenvalue weighted by Gasteiger charge is 2.40. The minimum Gasteiger partial charge on any atom is -0.344 e. The van der Waals surface area contributed by atoms with E-state index < -0.39 is 0 Å². The number of amidine groups is 2. The van der Waals surface area contributed by atoms with Crippen molar-refractivity contribution < 1.29 is 0 Å². The molecular formula is C51H38N4S2. The van der Waals surface area contributed by atoms with Crippen molar-refractivity contribution in [2.45, 2.75) is 35.9 Å². The lowest BCUT2D eigenvalue weighted by molar-refractivity contribution is 0.675. The first-order chi connectivity index (χ1) is 28.2. The summed E-state index contributed by atoms with van der Waals surface area (Å²) in [5, 5.41) is 9.84. The van der Waals surface area contributed by atoms with Crippen LogP contribution < -0.4 is 15.1 Å². The van der Waals surface area contributed by atoms with Gasteiger partial charge in [0.15, 0.2) is 5.84 Å². The fourth-order valence-corrected chi connectivity index (χ4v) is 12.6. The standard InChI is InChI=1S/C51H38N4S2/c1-3-13-31(14-4-1)49-52-50(32-15-5-2-6-16-32)54-51(53-49)41-22-12-21-40-39-20-11-19-35(47(39)57-48(40)41)33-25-28-45-42(29-33)38-27-26-34(30-46(38)56-45)55-43-23-9-7-17-36(43)37-18-8-10-24-44(37)55/h1-11,13-21,23-27,29-30,38,45-46,49H,12,22,28H2,(H,52,53,54). The topological polar surface area (TPSA) is 41.7 Å². The molecule has 3 aliphatic carbocycles. The summed E-state index contributed by atoms with van der Waals surface area (Å²) in [4.78, 5) is 10.5. The van der Waals surface area contributed by atoms with Gasteiger partial charge in [-0.15, -0.1) is 23.1 Å². The van der Waals surface area contributed by atoms with E-state index in [2.05, 4.69) is 185 Å². The minimum atomic E-state index is -0.206. The van der Waals surface area contributed by atoms with Crippen molar-refractivity contribution in [3.63, 3.8) is 0 Å². The number of para-hydroxylation sites is 2. The monoisotopic (exact) mass is 770 g/mol. The second-order valence-corrected chi connectivity index (χ2v) is 17.9. The molecule has 1 N–H and O–H groups in total. The van der Waals surface area contributed by atoms with Gasteiger partial charge in [-0.3, -0.25) is 0 Å². The molecule has 57 heavy (non-hydrogen) atoms. The van der Waals surface area contributed by atoms with Crippen molar-refractivity contribution >= 4 is 89.6 Å². The van der Waals surface area contributed by atoms with E-state index in [9.17, 15) is 0 Å². The van der Waals surface area contributed by atoms with Gasteiger partial charge in [-0.1, -0.05) is 140 Å². The number of allylic oxidation sites excluding steroid dienone is 6. The molecule has 4 nitrogen and oxygen atoms in total. The highest BCUT2D eigenvalue weighted by Crippen LogP contribution is 2.51. The third kappa shape index (κ3) is 5.42. The van der Waals surface area contributed by atoms with Gasteiger partial charge in [-0.05, 0) is 71.0 Å². The molecule has 4 heterocycles. The average molecular weight is 771 g/mol. The lowest BCUT2D eigenvalue weighted by atomic mass is 9.83.